The molecule has 0 aromatic heterocycles. The van der Waals surface area contributed by atoms with Gasteiger partial charge in [-0.15, -0.1) is 0 Å². The van der Waals surface area contributed by atoms with E-state index in [0.717, 1.165) is 45.9 Å². The molecule has 0 bridgehead atoms. The minimum absolute atomic E-state index is 0.0947. The molecule has 2 saturated heterocycles. The Hall–Kier alpha value is -0.650. The number of carbonyl (C=O) groups excluding carboxylic acids is 1. The van der Waals surface area contributed by atoms with Gasteiger partial charge in [0.25, 0.3) is 0 Å². The Morgan fingerprint density at radius 3 is 2.68 bits per heavy atom. The zero-order chi connectivity index (χ0) is 13.7. The lowest BCUT2D eigenvalue weighted by Crippen LogP contribution is -2.61. The van der Waals surface area contributed by atoms with Crippen LogP contribution in [-0.4, -0.2) is 62.5 Å². The first-order valence-electron chi connectivity index (χ1n) is 7.25. The van der Waals surface area contributed by atoms with Crippen molar-refractivity contribution in [1.82, 2.24) is 4.90 Å². The number of morpholine rings is 1. The Labute approximate surface area is 115 Å². The van der Waals surface area contributed by atoms with E-state index in [4.69, 9.17) is 14.2 Å². The number of hydrogen-bond donors (Lipinski definition) is 0. The molecule has 0 aliphatic carbocycles. The van der Waals surface area contributed by atoms with Gasteiger partial charge in [0.15, 0.2) is 0 Å². The second kappa shape index (κ2) is 6.68. The maximum Gasteiger partial charge on any atom is 0.307 e. The van der Waals surface area contributed by atoms with E-state index in [9.17, 15) is 4.79 Å². The van der Waals surface area contributed by atoms with Gasteiger partial charge in [-0.05, 0) is 19.3 Å². The quantitative estimate of drug-likeness (QED) is 0.716. The first-order chi connectivity index (χ1) is 9.19. The topological polar surface area (TPSA) is 48.0 Å². The summed E-state index contributed by atoms with van der Waals surface area (Å²) in [6.45, 7) is 9.20. The summed E-state index contributed by atoms with van der Waals surface area (Å²) in [7, 11) is 0. The first-order valence-corrected chi connectivity index (χ1v) is 7.25. The Morgan fingerprint density at radius 1 is 1.32 bits per heavy atom. The molecule has 2 heterocycles. The fraction of sp³-hybridized carbons (Fsp3) is 0.929. The maximum atomic E-state index is 12.0. The van der Waals surface area contributed by atoms with E-state index >= 15 is 0 Å². The van der Waals surface area contributed by atoms with Gasteiger partial charge < -0.3 is 14.2 Å². The lowest BCUT2D eigenvalue weighted by Gasteiger charge is -2.51. The highest BCUT2D eigenvalue weighted by Crippen LogP contribution is 2.36. The number of hydrogen-bond acceptors (Lipinski definition) is 5. The van der Waals surface area contributed by atoms with Crippen LogP contribution in [-0.2, 0) is 19.0 Å². The summed E-state index contributed by atoms with van der Waals surface area (Å²) in [6.07, 6.45) is 1.36. The predicted octanol–water partition coefficient (Wildman–Crippen LogP) is 1.07. The average molecular weight is 271 g/mol. The number of esters is 1. The van der Waals surface area contributed by atoms with Crippen LogP contribution in [0.1, 0.15) is 26.7 Å². The highest BCUT2D eigenvalue weighted by Gasteiger charge is 2.46. The van der Waals surface area contributed by atoms with Gasteiger partial charge in [0.2, 0.25) is 0 Å². The summed E-state index contributed by atoms with van der Waals surface area (Å²) in [5.74, 6) is 0.242. The molecule has 110 valence electrons. The van der Waals surface area contributed by atoms with Crippen LogP contribution < -0.4 is 0 Å². The molecular weight excluding hydrogens is 246 g/mol. The van der Waals surface area contributed by atoms with Crippen molar-refractivity contribution in [3.8, 4) is 0 Å². The molecule has 2 atom stereocenters. The molecule has 2 aliphatic heterocycles. The molecule has 2 unspecified atom stereocenters. The molecular formula is C14H25NO4. The molecule has 2 fully saturated rings. The molecule has 0 radical (unpaired) electrons. The standard InChI is InChI=1S/C14H25NO4/c1-3-19-13(16)10-14(4-7-18-11-12(14)2)15-5-8-17-9-6-15/h12H,3-11H2,1-2H3. The summed E-state index contributed by atoms with van der Waals surface area (Å²) in [5.41, 5.74) is -0.117. The van der Waals surface area contributed by atoms with Crippen molar-refractivity contribution in [1.29, 1.82) is 0 Å². The minimum atomic E-state index is -0.117. The third-order valence-electron chi connectivity index (χ3n) is 4.36. The van der Waals surface area contributed by atoms with Gasteiger partial charge in [-0.2, -0.15) is 0 Å². The Balaban J connectivity index is 2.13. The molecule has 0 amide bonds. The van der Waals surface area contributed by atoms with Crippen LogP contribution in [0.2, 0.25) is 0 Å². The summed E-state index contributed by atoms with van der Waals surface area (Å²) in [5, 5.41) is 0. The molecule has 5 nitrogen and oxygen atoms in total. The highest BCUT2D eigenvalue weighted by molar-refractivity contribution is 5.71. The van der Waals surface area contributed by atoms with Crippen molar-refractivity contribution < 1.29 is 19.0 Å². The van der Waals surface area contributed by atoms with Crippen LogP contribution in [0.5, 0.6) is 0 Å². The number of rotatable bonds is 4. The Kier molecular flexibility index (Phi) is 5.19. The van der Waals surface area contributed by atoms with Gasteiger partial charge in [0.05, 0.1) is 32.8 Å². The third kappa shape index (κ3) is 3.27. The fourth-order valence-corrected chi connectivity index (χ4v) is 3.23. The second-order valence-corrected chi connectivity index (χ2v) is 5.41. The minimum Gasteiger partial charge on any atom is -0.466 e. The van der Waals surface area contributed by atoms with Crippen molar-refractivity contribution in [2.24, 2.45) is 5.92 Å². The first kappa shape index (κ1) is 14.8. The van der Waals surface area contributed by atoms with Gasteiger partial charge >= 0.3 is 5.97 Å². The fourth-order valence-electron chi connectivity index (χ4n) is 3.23. The summed E-state index contributed by atoms with van der Waals surface area (Å²) in [6, 6.07) is 0. The molecule has 5 heteroatoms. The molecule has 0 saturated carbocycles. The number of carbonyl (C=O) groups is 1. The van der Waals surface area contributed by atoms with Crippen molar-refractivity contribution in [3.05, 3.63) is 0 Å². The summed E-state index contributed by atoms with van der Waals surface area (Å²) in [4.78, 5) is 14.4. The zero-order valence-corrected chi connectivity index (χ0v) is 12.0. The van der Waals surface area contributed by atoms with Crippen molar-refractivity contribution in [3.63, 3.8) is 0 Å². The van der Waals surface area contributed by atoms with Crippen molar-refractivity contribution in [2.45, 2.75) is 32.2 Å². The SMILES string of the molecule is CCOC(=O)CC1(N2CCOCC2)CCOCC1C. The van der Waals surface area contributed by atoms with E-state index in [0.29, 0.717) is 18.9 Å². The van der Waals surface area contributed by atoms with E-state index in [-0.39, 0.29) is 11.5 Å². The molecule has 0 N–H and O–H groups in total. The van der Waals surface area contributed by atoms with Crippen LogP contribution in [0.3, 0.4) is 0 Å². The highest BCUT2D eigenvalue weighted by atomic mass is 16.5. The normalized spacial score (nSPS) is 33.1. The Morgan fingerprint density at radius 2 is 2.05 bits per heavy atom. The lowest BCUT2D eigenvalue weighted by atomic mass is 9.76. The van der Waals surface area contributed by atoms with Gasteiger partial charge in [-0.3, -0.25) is 9.69 Å². The van der Waals surface area contributed by atoms with E-state index in [2.05, 4.69) is 11.8 Å². The van der Waals surface area contributed by atoms with Gasteiger partial charge in [0, 0.05) is 25.2 Å². The van der Waals surface area contributed by atoms with E-state index in [1.165, 1.54) is 0 Å². The monoisotopic (exact) mass is 271 g/mol. The second-order valence-electron chi connectivity index (χ2n) is 5.41. The van der Waals surface area contributed by atoms with E-state index in [1.54, 1.807) is 0 Å². The lowest BCUT2D eigenvalue weighted by molar-refractivity contribution is -0.155. The molecule has 19 heavy (non-hydrogen) atoms. The Bertz CT molecular complexity index is 304. The van der Waals surface area contributed by atoms with Crippen LogP contribution in [0.15, 0.2) is 0 Å². The summed E-state index contributed by atoms with van der Waals surface area (Å²) >= 11 is 0. The van der Waals surface area contributed by atoms with E-state index < -0.39 is 0 Å². The van der Waals surface area contributed by atoms with Gasteiger partial charge in [0.1, 0.15) is 0 Å². The van der Waals surface area contributed by atoms with E-state index in [1.807, 2.05) is 6.92 Å². The van der Waals surface area contributed by atoms with Crippen molar-refractivity contribution >= 4 is 5.97 Å². The molecule has 2 rings (SSSR count). The largest absolute Gasteiger partial charge is 0.466 e. The smallest absolute Gasteiger partial charge is 0.307 e. The third-order valence-corrected chi connectivity index (χ3v) is 4.36. The predicted molar refractivity (Wildman–Crippen MR) is 71.0 cm³/mol. The molecule has 0 spiro atoms. The van der Waals surface area contributed by atoms with Crippen LogP contribution in [0.4, 0.5) is 0 Å². The molecule has 0 aromatic carbocycles. The van der Waals surface area contributed by atoms with Crippen LogP contribution >= 0.6 is 0 Å². The van der Waals surface area contributed by atoms with Crippen LogP contribution in [0, 0.1) is 5.92 Å². The summed E-state index contributed by atoms with van der Waals surface area (Å²) < 4.78 is 16.2. The number of nitrogens with zero attached hydrogens (tertiary/aromatic N) is 1. The van der Waals surface area contributed by atoms with Crippen molar-refractivity contribution in [2.75, 3.05) is 46.1 Å². The van der Waals surface area contributed by atoms with Crippen LogP contribution in [0.25, 0.3) is 0 Å². The maximum absolute atomic E-state index is 12.0. The van der Waals surface area contributed by atoms with Gasteiger partial charge in [-0.25, -0.2) is 0 Å². The number of ether oxygens (including phenoxy) is 3. The average Bonchev–Trinajstić information content (AvgIpc) is 2.43. The zero-order valence-electron chi connectivity index (χ0n) is 12.0. The molecule has 2 aliphatic rings. The van der Waals surface area contributed by atoms with Gasteiger partial charge in [-0.1, -0.05) is 6.92 Å². The molecule has 0 aromatic rings.